The maximum Gasteiger partial charge on any atom is 0.226 e. The standard InChI is InChI=1S/C19H25N3O/c1-22(19(23)18-13-7-2-3-8-14(13)18)12-6-11-17-20-15-9-4-5-10-16(15)21-17/h4-5,9-10,13-14,18H,2-3,6-8,11-12H2,1H3,(H,20,21)/t13-,14-/m0/s1. The van der Waals surface area contributed by atoms with Crippen molar-refractivity contribution < 1.29 is 4.79 Å². The summed E-state index contributed by atoms with van der Waals surface area (Å²) in [7, 11) is 1.96. The molecule has 1 aromatic carbocycles. The fourth-order valence-corrected chi connectivity index (χ4v) is 4.33. The van der Waals surface area contributed by atoms with E-state index in [1.807, 2.05) is 30.1 Å². The van der Waals surface area contributed by atoms with E-state index in [9.17, 15) is 4.79 Å². The molecule has 4 nitrogen and oxygen atoms in total. The van der Waals surface area contributed by atoms with Crippen LogP contribution in [0, 0.1) is 17.8 Å². The number of aromatic nitrogens is 2. The van der Waals surface area contributed by atoms with Gasteiger partial charge in [0.05, 0.1) is 11.0 Å². The van der Waals surface area contributed by atoms with Crippen molar-refractivity contribution in [3.05, 3.63) is 30.1 Å². The highest BCUT2D eigenvalue weighted by atomic mass is 16.2. The number of nitrogens with one attached hydrogen (secondary N) is 1. The molecular formula is C19H25N3O. The van der Waals surface area contributed by atoms with Crippen LogP contribution in [0.15, 0.2) is 24.3 Å². The molecule has 23 heavy (non-hydrogen) atoms. The summed E-state index contributed by atoms with van der Waals surface area (Å²) in [6.07, 6.45) is 7.04. The molecule has 0 unspecified atom stereocenters. The molecule has 2 aliphatic carbocycles. The number of para-hydroxylation sites is 2. The van der Waals surface area contributed by atoms with Crippen LogP contribution in [-0.2, 0) is 11.2 Å². The van der Waals surface area contributed by atoms with Crippen molar-refractivity contribution in [3.63, 3.8) is 0 Å². The zero-order valence-corrected chi connectivity index (χ0v) is 13.8. The van der Waals surface area contributed by atoms with Gasteiger partial charge in [-0.2, -0.15) is 0 Å². The van der Waals surface area contributed by atoms with Gasteiger partial charge in [0.1, 0.15) is 5.82 Å². The summed E-state index contributed by atoms with van der Waals surface area (Å²) in [6, 6.07) is 8.11. The van der Waals surface area contributed by atoms with Crippen LogP contribution in [-0.4, -0.2) is 34.4 Å². The van der Waals surface area contributed by atoms with Crippen LogP contribution < -0.4 is 0 Å². The number of amides is 1. The number of carbonyl (C=O) groups is 1. The van der Waals surface area contributed by atoms with E-state index < -0.39 is 0 Å². The third-order valence-corrected chi connectivity index (χ3v) is 5.66. The highest BCUT2D eigenvalue weighted by molar-refractivity contribution is 5.82. The van der Waals surface area contributed by atoms with Gasteiger partial charge in [0.2, 0.25) is 5.91 Å². The number of carbonyl (C=O) groups excluding carboxylic acids is 1. The molecule has 1 N–H and O–H groups in total. The van der Waals surface area contributed by atoms with Gasteiger partial charge in [-0.05, 0) is 43.2 Å². The van der Waals surface area contributed by atoms with Gasteiger partial charge in [-0.1, -0.05) is 25.0 Å². The molecule has 1 aromatic heterocycles. The first-order chi connectivity index (χ1) is 11.2. The van der Waals surface area contributed by atoms with E-state index in [1.54, 1.807) is 0 Å². The maximum atomic E-state index is 12.6. The van der Waals surface area contributed by atoms with Crippen LogP contribution in [0.1, 0.15) is 37.9 Å². The summed E-state index contributed by atoms with van der Waals surface area (Å²) in [5, 5.41) is 0. The van der Waals surface area contributed by atoms with Gasteiger partial charge in [-0.25, -0.2) is 4.98 Å². The molecule has 4 heteroatoms. The number of imidazole rings is 1. The van der Waals surface area contributed by atoms with Crippen LogP contribution >= 0.6 is 0 Å². The normalized spacial score (nSPS) is 26.0. The van der Waals surface area contributed by atoms with E-state index >= 15 is 0 Å². The Labute approximate surface area is 137 Å². The summed E-state index contributed by atoms with van der Waals surface area (Å²) in [4.78, 5) is 22.5. The molecular weight excluding hydrogens is 286 g/mol. The molecule has 0 saturated heterocycles. The number of benzene rings is 1. The topological polar surface area (TPSA) is 49.0 Å². The van der Waals surface area contributed by atoms with Crippen LogP contribution in [0.4, 0.5) is 0 Å². The average Bonchev–Trinajstić information content (AvgIpc) is 3.15. The van der Waals surface area contributed by atoms with E-state index in [4.69, 9.17) is 0 Å². The van der Waals surface area contributed by atoms with Gasteiger partial charge in [-0.3, -0.25) is 4.79 Å². The number of aromatic amines is 1. The van der Waals surface area contributed by atoms with Crippen molar-refractivity contribution >= 4 is 16.9 Å². The molecule has 1 heterocycles. The Morgan fingerprint density at radius 1 is 1.26 bits per heavy atom. The third-order valence-electron chi connectivity index (χ3n) is 5.66. The highest BCUT2D eigenvalue weighted by Crippen LogP contribution is 2.55. The predicted molar refractivity (Wildman–Crippen MR) is 91.0 cm³/mol. The lowest BCUT2D eigenvalue weighted by Gasteiger charge is -2.17. The average molecular weight is 311 g/mol. The van der Waals surface area contributed by atoms with Crippen LogP contribution in [0.5, 0.6) is 0 Å². The number of aryl methyl sites for hydroxylation is 1. The Morgan fingerprint density at radius 3 is 2.74 bits per heavy atom. The summed E-state index contributed by atoms with van der Waals surface area (Å²) in [5.41, 5.74) is 2.11. The Kier molecular flexibility index (Phi) is 3.83. The quantitative estimate of drug-likeness (QED) is 0.920. The van der Waals surface area contributed by atoms with Gasteiger partial charge in [0, 0.05) is 25.9 Å². The molecule has 2 saturated carbocycles. The zero-order valence-electron chi connectivity index (χ0n) is 13.8. The second-order valence-electron chi connectivity index (χ2n) is 7.20. The lowest BCUT2D eigenvalue weighted by molar-refractivity contribution is -0.131. The third kappa shape index (κ3) is 2.87. The Morgan fingerprint density at radius 2 is 2.00 bits per heavy atom. The predicted octanol–water partition coefficient (Wildman–Crippen LogP) is 3.39. The fourth-order valence-electron chi connectivity index (χ4n) is 4.33. The summed E-state index contributed by atoms with van der Waals surface area (Å²) in [6.45, 7) is 0.825. The van der Waals surface area contributed by atoms with E-state index in [0.717, 1.165) is 36.2 Å². The molecule has 2 fully saturated rings. The number of rotatable bonds is 5. The van der Waals surface area contributed by atoms with Crippen LogP contribution in [0.2, 0.25) is 0 Å². The van der Waals surface area contributed by atoms with Gasteiger partial charge in [0.15, 0.2) is 0 Å². The summed E-state index contributed by atoms with van der Waals surface area (Å²) >= 11 is 0. The van der Waals surface area contributed by atoms with Crippen molar-refractivity contribution in [1.82, 2.24) is 14.9 Å². The molecule has 1 amide bonds. The molecule has 2 atom stereocenters. The van der Waals surface area contributed by atoms with Crippen LogP contribution in [0.3, 0.4) is 0 Å². The molecule has 122 valence electrons. The minimum absolute atomic E-state index is 0.341. The molecule has 0 bridgehead atoms. The number of fused-ring (bicyclic) bond motifs is 2. The lowest BCUT2D eigenvalue weighted by atomic mass is 10.0. The summed E-state index contributed by atoms with van der Waals surface area (Å²) in [5.74, 6) is 3.15. The first-order valence-corrected chi connectivity index (χ1v) is 8.92. The van der Waals surface area contributed by atoms with Crippen molar-refractivity contribution in [3.8, 4) is 0 Å². The van der Waals surface area contributed by atoms with Crippen molar-refractivity contribution in [2.45, 2.75) is 38.5 Å². The van der Waals surface area contributed by atoms with Crippen LogP contribution in [0.25, 0.3) is 11.0 Å². The number of hydrogen-bond acceptors (Lipinski definition) is 2. The Balaban J connectivity index is 1.28. The molecule has 4 rings (SSSR count). The van der Waals surface area contributed by atoms with Gasteiger partial charge in [0.25, 0.3) is 0 Å². The molecule has 2 aromatic rings. The second-order valence-corrected chi connectivity index (χ2v) is 7.20. The minimum atomic E-state index is 0.341. The fraction of sp³-hybridized carbons (Fsp3) is 0.579. The van der Waals surface area contributed by atoms with E-state index in [2.05, 4.69) is 16.0 Å². The molecule has 0 radical (unpaired) electrons. The Bertz CT molecular complexity index is 662. The number of hydrogen-bond donors (Lipinski definition) is 1. The van der Waals surface area contributed by atoms with Gasteiger partial charge in [-0.15, -0.1) is 0 Å². The molecule has 0 aliphatic heterocycles. The Hall–Kier alpha value is -1.84. The molecule has 0 spiro atoms. The first kappa shape index (κ1) is 14.7. The monoisotopic (exact) mass is 311 g/mol. The molecule has 2 aliphatic rings. The highest BCUT2D eigenvalue weighted by Gasteiger charge is 2.55. The smallest absolute Gasteiger partial charge is 0.226 e. The minimum Gasteiger partial charge on any atom is -0.345 e. The van der Waals surface area contributed by atoms with Crippen molar-refractivity contribution in [1.29, 1.82) is 0 Å². The maximum absolute atomic E-state index is 12.6. The SMILES string of the molecule is CN(CCCc1nc2ccccc2[nH]1)C(=O)C1[C@H]2CCCC[C@H]12. The summed E-state index contributed by atoms with van der Waals surface area (Å²) < 4.78 is 0. The zero-order chi connectivity index (χ0) is 15.8. The van der Waals surface area contributed by atoms with Gasteiger partial charge >= 0.3 is 0 Å². The number of nitrogens with zero attached hydrogens (tertiary/aromatic N) is 2. The first-order valence-electron chi connectivity index (χ1n) is 8.92. The second kappa shape index (κ2) is 5.99. The van der Waals surface area contributed by atoms with Gasteiger partial charge < -0.3 is 9.88 Å². The van der Waals surface area contributed by atoms with E-state index in [0.29, 0.717) is 23.7 Å². The largest absolute Gasteiger partial charge is 0.345 e. The number of H-pyrrole nitrogens is 1. The lowest BCUT2D eigenvalue weighted by Crippen LogP contribution is -2.30. The van der Waals surface area contributed by atoms with Crippen molar-refractivity contribution in [2.75, 3.05) is 13.6 Å². The van der Waals surface area contributed by atoms with E-state index in [-0.39, 0.29) is 0 Å². The van der Waals surface area contributed by atoms with Crippen molar-refractivity contribution in [2.24, 2.45) is 17.8 Å². The van der Waals surface area contributed by atoms with E-state index in [1.165, 1.54) is 25.7 Å².